The minimum atomic E-state index is -0.0445. The highest BCUT2D eigenvalue weighted by Crippen LogP contribution is 2.25. The second kappa shape index (κ2) is 4.78. The molecule has 0 radical (unpaired) electrons. The number of aromatic nitrogens is 2. The maximum atomic E-state index is 6.34. The standard InChI is InChI=1S/C12H20N4/c1-10-14-8-5-11(16-10)15-9-12(13)6-3-2-4-7-12/h5,8H,2-4,6-7,9,13H2,1H3,(H,14,15,16). The lowest BCUT2D eigenvalue weighted by Gasteiger charge is -2.33. The Bertz CT molecular complexity index is 345. The van der Waals surface area contributed by atoms with Crippen molar-refractivity contribution in [2.24, 2.45) is 5.73 Å². The van der Waals surface area contributed by atoms with E-state index < -0.39 is 0 Å². The molecule has 1 aromatic rings. The van der Waals surface area contributed by atoms with Crippen molar-refractivity contribution >= 4 is 5.82 Å². The summed E-state index contributed by atoms with van der Waals surface area (Å²) in [6.07, 6.45) is 7.83. The molecule has 16 heavy (non-hydrogen) atoms. The molecular formula is C12H20N4. The van der Waals surface area contributed by atoms with Crippen molar-refractivity contribution < 1.29 is 0 Å². The average molecular weight is 220 g/mol. The van der Waals surface area contributed by atoms with Gasteiger partial charge in [0, 0.05) is 18.3 Å². The third-order valence-electron chi connectivity index (χ3n) is 3.25. The van der Waals surface area contributed by atoms with Crippen LogP contribution in [0.2, 0.25) is 0 Å². The van der Waals surface area contributed by atoms with Crippen LogP contribution in [-0.4, -0.2) is 22.1 Å². The van der Waals surface area contributed by atoms with Crippen LogP contribution < -0.4 is 11.1 Å². The first kappa shape index (κ1) is 11.3. The topological polar surface area (TPSA) is 63.8 Å². The van der Waals surface area contributed by atoms with Crippen LogP contribution in [0.15, 0.2) is 12.3 Å². The van der Waals surface area contributed by atoms with Crippen molar-refractivity contribution in [1.29, 1.82) is 0 Å². The summed E-state index contributed by atoms with van der Waals surface area (Å²) in [5.41, 5.74) is 6.29. The highest BCUT2D eigenvalue weighted by atomic mass is 15.0. The number of aryl methyl sites for hydroxylation is 1. The number of hydrogen-bond donors (Lipinski definition) is 2. The lowest BCUT2D eigenvalue weighted by molar-refractivity contribution is 0.311. The molecule has 0 unspecified atom stereocenters. The highest BCUT2D eigenvalue weighted by molar-refractivity contribution is 5.33. The van der Waals surface area contributed by atoms with Gasteiger partial charge in [-0.2, -0.15) is 0 Å². The molecule has 1 fully saturated rings. The van der Waals surface area contributed by atoms with Crippen LogP contribution >= 0.6 is 0 Å². The van der Waals surface area contributed by atoms with Crippen molar-refractivity contribution in [1.82, 2.24) is 9.97 Å². The van der Waals surface area contributed by atoms with Crippen molar-refractivity contribution in [2.45, 2.75) is 44.6 Å². The second-order valence-corrected chi connectivity index (χ2v) is 4.77. The van der Waals surface area contributed by atoms with E-state index in [0.717, 1.165) is 31.0 Å². The zero-order chi connectivity index (χ0) is 11.4. The Hall–Kier alpha value is -1.16. The SMILES string of the molecule is Cc1nccc(NCC2(N)CCCCC2)n1. The third-order valence-corrected chi connectivity index (χ3v) is 3.25. The molecule has 0 spiro atoms. The van der Waals surface area contributed by atoms with Gasteiger partial charge in [-0.05, 0) is 25.8 Å². The minimum absolute atomic E-state index is 0.0445. The van der Waals surface area contributed by atoms with Gasteiger partial charge in [-0.3, -0.25) is 0 Å². The van der Waals surface area contributed by atoms with Gasteiger partial charge in [0.25, 0.3) is 0 Å². The molecule has 0 aromatic carbocycles. The first-order chi connectivity index (χ1) is 7.68. The van der Waals surface area contributed by atoms with Gasteiger partial charge in [0.2, 0.25) is 0 Å². The molecule has 88 valence electrons. The molecule has 0 bridgehead atoms. The van der Waals surface area contributed by atoms with E-state index in [1.165, 1.54) is 19.3 Å². The van der Waals surface area contributed by atoms with Crippen molar-refractivity contribution in [3.8, 4) is 0 Å². The molecule has 0 atom stereocenters. The van der Waals surface area contributed by atoms with Crippen LogP contribution in [0.4, 0.5) is 5.82 Å². The number of anilines is 1. The van der Waals surface area contributed by atoms with Crippen molar-refractivity contribution in [3.63, 3.8) is 0 Å². The number of nitrogens with two attached hydrogens (primary N) is 1. The zero-order valence-electron chi connectivity index (χ0n) is 9.87. The van der Waals surface area contributed by atoms with Gasteiger partial charge in [-0.15, -0.1) is 0 Å². The predicted octanol–water partition coefficient (Wildman–Crippen LogP) is 1.86. The molecule has 3 N–H and O–H groups in total. The van der Waals surface area contributed by atoms with Crippen LogP contribution in [0.25, 0.3) is 0 Å². The van der Waals surface area contributed by atoms with E-state index in [-0.39, 0.29) is 5.54 Å². The maximum absolute atomic E-state index is 6.34. The highest BCUT2D eigenvalue weighted by Gasteiger charge is 2.26. The summed E-state index contributed by atoms with van der Waals surface area (Å²) in [6.45, 7) is 2.70. The quantitative estimate of drug-likeness (QED) is 0.816. The van der Waals surface area contributed by atoms with Crippen LogP contribution in [-0.2, 0) is 0 Å². The Balaban J connectivity index is 1.91. The normalized spacial score (nSPS) is 19.4. The molecular weight excluding hydrogens is 200 g/mol. The number of rotatable bonds is 3. The summed E-state index contributed by atoms with van der Waals surface area (Å²) in [7, 11) is 0. The van der Waals surface area contributed by atoms with Crippen molar-refractivity contribution in [3.05, 3.63) is 18.1 Å². The summed E-state index contributed by atoms with van der Waals surface area (Å²) in [5.74, 6) is 1.67. The van der Waals surface area contributed by atoms with Gasteiger partial charge in [0.05, 0.1) is 0 Å². The van der Waals surface area contributed by atoms with E-state index in [9.17, 15) is 0 Å². The van der Waals surface area contributed by atoms with E-state index in [4.69, 9.17) is 5.73 Å². The van der Waals surface area contributed by atoms with Gasteiger partial charge >= 0.3 is 0 Å². The number of nitrogens with zero attached hydrogens (tertiary/aromatic N) is 2. The van der Waals surface area contributed by atoms with Gasteiger partial charge in [-0.1, -0.05) is 19.3 Å². The summed E-state index contributed by atoms with van der Waals surface area (Å²) in [5, 5.41) is 3.32. The van der Waals surface area contributed by atoms with Crippen molar-refractivity contribution in [2.75, 3.05) is 11.9 Å². The molecule has 1 aliphatic carbocycles. The molecule has 4 heteroatoms. The van der Waals surface area contributed by atoms with Crippen LogP contribution in [0.5, 0.6) is 0 Å². The average Bonchev–Trinajstić information content (AvgIpc) is 2.28. The monoisotopic (exact) mass is 220 g/mol. The molecule has 0 aliphatic heterocycles. The van der Waals surface area contributed by atoms with Crippen LogP contribution in [0, 0.1) is 6.92 Å². The molecule has 1 aromatic heterocycles. The third kappa shape index (κ3) is 2.92. The number of nitrogens with one attached hydrogen (secondary N) is 1. The molecule has 0 amide bonds. The van der Waals surface area contributed by atoms with E-state index in [1.54, 1.807) is 6.20 Å². The summed E-state index contributed by atoms with van der Waals surface area (Å²) in [6, 6.07) is 1.89. The molecule has 1 aliphatic rings. The Labute approximate surface area is 96.7 Å². The lowest BCUT2D eigenvalue weighted by atomic mass is 9.82. The maximum Gasteiger partial charge on any atom is 0.129 e. The Morgan fingerprint density at radius 1 is 1.38 bits per heavy atom. The minimum Gasteiger partial charge on any atom is -0.368 e. The van der Waals surface area contributed by atoms with E-state index in [2.05, 4.69) is 15.3 Å². The fraction of sp³-hybridized carbons (Fsp3) is 0.667. The zero-order valence-corrected chi connectivity index (χ0v) is 9.87. The van der Waals surface area contributed by atoms with Gasteiger partial charge < -0.3 is 11.1 Å². The van der Waals surface area contributed by atoms with E-state index in [0.29, 0.717) is 0 Å². The second-order valence-electron chi connectivity index (χ2n) is 4.77. The van der Waals surface area contributed by atoms with E-state index in [1.807, 2.05) is 13.0 Å². The molecule has 0 saturated heterocycles. The lowest BCUT2D eigenvalue weighted by Crippen LogP contribution is -2.47. The first-order valence-corrected chi connectivity index (χ1v) is 6.00. The Morgan fingerprint density at radius 3 is 2.81 bits per heavy atom. The fourth-order valence-corrected chi connectivity index (χ4v) is 2.25. The largest absolute Gasteiger partial charge is 0.368 e. The van der Waals surface area contributed by atoms with Gasteiger partial charge in [-0.25, -0.2) is 9.97 Å². The Kier molecular flexibility index (Phi) is 3.39. The Morgan fingerprint density at radius 2 is 2.12 bits per heavy atom. The predicted molar refractivity (Wildman–Crippen MR) is 65.3 cm³/mol. The molecule has 1 saturated carbocycles. The smallest absolute Gasteiger partial charge is 0.129 e. The summed E-state index contributed by atoms with van der Waals surface area (Å²) < 4.78 is 0. The van der Waals surface area contributed by atoms with Gasteiger partial charge in [0.1, 0.15) is 11.6 Å². The molecule has 2 rings (SSSR count). The number of hydrogen-bond acceptors (Lipinski definition) is 4. The van der Waals surface area contributed by atoms with Gasteiger partial charge in [0.15, 0.2) is 0 Å². The molecule has 1 heterocycles. The van der Waals surface area contributed by atoms with Crippen LogP contribution in [0.3, 0.4) is 0 Å². The summed E-state index contributed by atoms with van der Waals surface area (Å²) >= 11 is 0. The molecule has 4 nitrogen and oxygen atoms in total. The first-order valence-electron chi connectivity index (χ1n) is 6.00. The fourth-order valence-electron chi connectivity index (χ4n) is 2.25. The van der Waals surface area contributed by atoms with E-state index >= 15 is 0 Å². The summed E-state index contributed by atoms with van der Waals surface area (Å²) in [4.78, 5) is 8.38. The van der Waals surface area contributed by atoms with Crippen LogP contribution in [0.1, 0.15) is 37.9 Å².